The Kier molecular flexibility index (Phi) is 8.01. The van der Waals surface area contributed by atoms with Crippen molar-refractivity contribution in [3.63, 3.8) is 0 Å². The fraction of sp³-hybridized carbons (Fsp3) is 0.129. The molecule has 202 valence electrons. The fourth-order valence-corrected chi connectivity index (χ4v) is 4.09. The molecule has 0 saturated heterocycles. The molecule has 0 aliphatic heterocycles. The van der Waals surface area contributed by atoms with Gasteiger partial charge in [-0.1, -0.05) is 42.5 Å². The first-order valence-corrected chi connectivity index (χ1v) is 12.7. The van der Waals surface area contributed by atoms with E-state index in [0.717, 1.165) is 22.6 Å². The van der Waals surface area contributed by atoms with E-state index in [1.165, 1.54) is 10.7 Å². The number of halogens is 1. The van der Waals surface area contributed by atoms with Crippen LogP contribution in [0.4, 0.5) is 20.6 Å². The highest BCUT2D eigenvalue weighted by atomic mass is 19.1. The zero-order valence-corrected chi connectivity index (χ0v) is 22.1. The summed E-state index contributed by atoms with van der Waals surface area (Å²) in [5.41, 5.74) is 4.26. The molecule has 5 rings (SSSR count). The number of anilines is 2. The molecule has 0 fully saturated rings. The van der Waals surface area contributed by atoms with Gasteiger partial charge in [-0.25, -0.2) is 13.9 Å². The Morgan fingerprint density at radius 2 is 1.62 bits per heavy atom. The smallest absolute Gasteiger partial charge is 0.336 e. The number of carbonyl (C=O) groups excluding carboxylic acids is 1. The third-order valence-electron chi connectivity index (χ3n) is 6.25. The standard InChI is InChI=1S/C31H28FN5O3/c1-21-7-3-6-10-28(21)34-30(38)33-23-13-15-24(16-14-23)37-29(26-8-4-5-9-27(26)32)35-31(36-37)40-20-19-22-11-17-25(39-2)18-12-22/h3-18H,19-20H2,1-2H3,(H2,33,34,38). The highest BCUT2D eigenvalue weighted by molar-refractivity contribution is 6.00. The first-order valence-electron chi connectivity index (χ1n) is 12.7. The summed E-state index contributed by atoms with van der Waals surface area (Å²) in [5, 5.41) is 10.2. The van der Waals surface area contributed by atoms with Crippen LogP contribution < -0.4 is 20.1 Å². The summed E-state index contributed by atoms with van der Waals surface area (Å²) in [5.74, 6) is 0.662. The second-order valence-electron chi connectivity index (χ2n) is 9.00. The summed E-state index contributed by atoms with van der Waals surface area (Å²) in [6.45, 7) is 2.26. The Balaban J connectivity index is 1.33. The Hall–Kier alpha value is -5.18. The molecule has 0 radical (unpaired) electrons. The number of nitrogens with zero attached hydrogens (tertiary/aromatic N) is 3. The zero-order chi connectivity index (χ0) is 27.9. The van der Waals surface area contributed by atoms with E-state index < -0.39 is 5.82 Å². The van der Waals surface area contributed by atoms with Crippen LogP contribution in [0, 0.1) is 12.7 Å². The lowest BCUT2D eigenvalue weighted by Gasteiger charge is -2.11. The topological polar surface area (TPSA) is 90.3 Å². The van der Waals surface area contributed by atoms with Crippen molar-refractivity contribution in [1.29, 1.82) is 0 Å². The number of methoxy groups -OCH3 is 1. The van der Waals surface area contributed by atoms with Crippen LogP contribution in [-0.4, -0.2) is 34.5 Å². The first kappa shape index (κ1) is 26.4. The van der Waals surface area contributed by atoms with Gasteiger partial charge >= 0.3 is 12.0 Å². The number of hydrogen-bond donors (Lipinski definition) is 2. The van der Waals surface area contributed by atoms with Crippen LogP contribution in [0.5, 0.6) is 11.8 Å². The van der Waals surface area contributed by atoms with Crippen LogP contribution in [0.15, 0.2) is 97.1 Å². The molecule has 2 N–H and O–H groups in total. The van der Waals surface area contributed by atoms with E-state index in [4.69, 9.17) is 9.47 Å². The van der Waals surface area contributed by atoms with Crippen LogP contribution in [0.2, 0.25) is 0 Å². The van der Waals surface area contributed by atoms with Crippen molar-refractivity contribution in [3.05, 3.63) is 114 Å². The number of nitrogens with one attached hydrogen (secondary N) is 2. The van der Waals surface area contributed by atoms with E-state index in [1.807, 2.05) is 55.5 Å². The summed E-state index contributed by atoms with van der Waals surface area (Å²) in [6.07, 6.45) is 0.637. The Morgan fingerprint density at radius 3 is 2.35 bits per heavy atom. The van der Waals surface area contributed by atoms with E-state index in [9.17, 15) is 9.18 Å². The number of benzene rings is 4. The van der Waals surface area contributed by atoms with Crippen molar-refractivity contribution in [2.24, 2.45) is 0 Å². The van der Waals surface area contributed by atoms with Crippen molar-refractivity contribution < 1.29 is 18.7 Å². The highest BCUT2D eigenvalue weighted by Gasteiger charge is 2.18. The lowest BCUT2D eigenvalue weighted by Crippen LogP contribution is -2.19. The van der Waals surface area contributed by atoms with E-state index in [2.05, 4.69) is 20.7 Å². The molecule has 40 heavy (non-hydrogen) atoms. The molecule has 0 aliphatic carbocycles. The lowest BCUT2D eigenvalue weighted by atomic mass is 10.1. The number of carbonyl (C=O) groups is 1. The largest absolute Gasteiger partial charge is 0.497 e. The normalized spacial score (nSPS) is 10.7. The Morgan fingerprint density at radius 1 is 0.900 bits per heavy atom. The Bertz CT molecular complexity index is 1600. The molecule has 0 spiro atoms. The van der Waals surface area contributed by atoms with Crippen LogP contribution in [0.1, 0.15) is 11.1 Å². The van der Waals surface area contributed by atoms with Gasteiger partial charge in [0.1, 0.15) is 11.6 Å². The van der Waals surface area contributed by atoms with Gasteiger partial charge < -0.3 is 20.1 Å². The summed E-state index contributed by atoms with van der Waals surface area (Å²) in [7, 11) is 1.63. The van der Waals surface area contributed by atoms with Gasteiger partial charge in [-0.15, -0.1) is 5.10 Å². The maximum atomic E-state index is 14.7. The van der Waals surface area contributed by atoms with Gasteiger partial charge in [0.25, 0.3) is 0 Å². The molecule has 0 aliphatic rings. The molecule has 0 bridgehead atoms. The molecule has 1 heterocycles. The van der Waals surface area contributed by atoms with Crippen LogP contribution >= 0.6 is 0 Å². The third-order valence-corrected chi connectivity index (χ3v) is 6.25. The number of rotatable bonds is 9. The van der Waals surface area contributed by atoms with Crippen LogP contribution in [0.25, 0.3) is 17.1 Å². The van der Waals surface area contributed by atoms with Crippen molar-refractivity contribution in [1.82, 2.24) is 14.8 Å². The molecular formula is C31H28FN5O3. The molecule has 9 heteroatoms. The van der Waals surface area contributed by atoms with Gasteiger partial charge in [0.05, 0.1) is 25.0 Å². The second-order valence-corrected chi connectivity index (χ2v) is 9.00. The van der Waals surface area contributed by atoms with Crippen molar-refractivity contribution in [3.8, 4) is 28.8 Å². The fourth-order valence-electron chi connectivity index (χ4n) is 4.09. The molecule has 1 aromatic heterocycles. The van der Waals surface area contributed by atoms with Gasteiger partial charge in [0.2, 0.25) is 0 Å². The van der Waals surface area contributed by atoms with Gasteiger partial charge in [-0.3, -0.25) is 0 Å². The summed E-state index contributed by atoms with van der Waals surface area (Å²) in [6, 6.07) is 28.4. The summed E-state index contributed by atoms with van der Waals surface area (Å²) in [4.78, 5) is 17.0. The first-order chi connectivity index (χ1) is 19.5. The molecule has 0 saturated carbocycles. The molecule has 2 amide bonds. The number of hydrogen-bond acceptors (Lipinski definition) is 5. The molecule has 4 aromatic carbocycles. The quantitative estimate of drug-likeness (QED) is 0.220. The maximum absolute atomic E-state index is 14.7. The molecule has 8 nitrogen and oxygen atoms in total. The van der Waals surface area contributed by atoms with Crippen molar-refractivity contribution in [2.45, 2.75) is 13.3 Å². The number of aryl methyl sites for hydroxylation is 1. The van der Waals surface area contributed by atoms with Crippen molar-refractivity contribution >= 4 is 17.4 Å². The second kappa shape index (κ2) is 12.1. The van der Waals surface area contributed by atoms with Gasteiger partial charge in [-0.05, 0) is 72.6 Å². The van der Waals surface area contributed by atoms with Crippen LogP contribution in [0.3, 0.4) is 0 Å². The minimum atomic E-state index is -0.424. The van der Waals surface area contributed by atoms with Crippen molar-refractivity contribution in [2.75, 3.05) is 24.4 Å². The van der Waals surface area contributed by atoms with E-state index in [1.54, 1.807) is 49.6 Å². The third kappa shape index (κ3) is 6.27. The van der Waals surface area contributed by atoms with E-state index in [-0.39, 0.29) is 12.0 Å². The molecule has 5 aromatic rings. The SMILES string of the molecule is COc1ccc(CCOc2nc(-c3ccccc3F)n(-c3ccc(NC(=O)Nc4ccccc4C)cc3)n2)cc1. The van der Waals surface area contributed by atoms with E-state index in [0.29, 0.717) is 35.8 Å². The maximum Gasteiger partial charge on any atom is 0.336 e. The zero-order valence-electron chi connectivity index (χ0n) is 22.1. The van der Waals surface area contributed by atoms with Gasteiger partial charge in [0, 0.05) is 17.8 Å². The highest BCUT2D eigenvalue weighted by Crippen LogP contribution is 2.27. The average Bonchev–Trinajstić information content (AvgIpc) is 3.39. The molecular weight excluding hydrogens is 509 g/mol. The van der Waals surface area contributed by atoms with Gasteiger partial charge in [0.15, 0.2) is 5.82 Å². The minimum absolute atomic E-state index is 0.131. The number of amides is 2. The predicted octanol–water partition coefficient (Wildman–Crippen LogP) is 6.66. The number of ether oxygens (including phenoxy) is 2. The predicted molar refractivity (Wildman–Crippen MR) is 153 cm³/mol. The summed E-state index contributed by atoms with van der Waals surface area (Å²) >= 11 is 0. The number of urea groups is 1. The van der Waals surface area contributed by atoms with E-state index >= 15 is 0 Å². The molecule has 0 unspecified atom stereocenters. The number of para-hydroxylation sites is 1. The van der Waals surface area contributed by atoms with Gasteiger partial charge in [-0.2, -0.15) is 4.98 Å². The number of aromatic nitrogens is 3. The average molecular weight is 538 g/mol. The summed E-state index contributed by atoms with van der Waals surface area (Å²) < 4.78 is 27.3. The monoisotopic (exact) mass is 537 g/mol. The molecule has 0 atom stereocenters. The minimum Gasteiger partial charge on any atom is -0.497 e. The lowest BCUT2D eigenvalue weighted by molar-refractivity contribution is 0.262. The van der Waals surface area contributed by atoms with Crippen LogP contribution in [-0.2, 0) is 6.42 Å². The Labute approximate surface area is 231 Å².